The third-order valence-electron chi connectivity index (χ3n) is 2.54. The lowest BCUT2D eigenvalue weighted by Gasteiger charge is -2.05. The van der Waals surface area contributed by atoms with Gasteiger partial charge in [0.15, 0.2) is 21.8 Å². The van der Waals surface area contributed by atoms with Crippen molar-refractivity contribution in [3.8, 4) is 11.5 Å². The van der Waals surface area contributed by atoms with Gasteiger partial charge in [-0.05, 0) is 0 Å². The second-order valence-corrected chi connectivity index (χ2v) is 5.58. The van der Waals surface area contributed by atoms with E-state index in [1.807, 2.05) is 17.5 Å². The normalized spacial score (nSPS) is 10.6. The number of rotatable bonds is 4. The van der Waals surface area contributed by atoms with Crippen LogP contribution >= 0.6 is 22.7 Å². The van der Waals surface area contributed by atoms with E-state index >= 15 is 0 Å². The Balaban J connectivity index is 2.00. The van der Waals surface area contributed by atoms with E-state index in [-0.39, 0.29) is 0 Å². The molecule has 0 aliphatic heterocycles. The topological polar surface area (TPSA) is 56.3 Å². The molecule has 2 heterocycles. The standard InChI is InChI=1S/C12H11N3O2S2/c1-16-8-5-7-10(6-9(8)17-2)19-12(14-7)15-11-13-3-4-18-11/h3-6H,1-2H3,(H,13,14,15). The van der Waals surface area contributed by atoms with Crippen LogP contribution in [0, 0.1) is 0 Å². The van der Waals surface area contributed by atoms with Gasteiger partial charge in [0.2, 0.25) is 0 Å². The highest BCUT2D eigenvalue weighted by molar-refractivity contribution is 7.22. The predicted octanol–water partition coefficient (Wildman–Crippen LogP) is 3.51. The summed E-state index contributed by atoms with van der Waals surface area (Å²) in [6, 6.07) is 3.80. The summed E-state index contributed by atoms with van der Waals surface area (Å²) in [5.74, 6) is 1.39. The van der Waals surface area contributed by atoms with Crippen LogP contribution in [-0.4, -0.2) is 24.2 Å². The van der Waals surface area contributed by atoms with Crippen molar-refractivity contribution in [1.29, 1.82) is 0 Å². The van der Waals surface area contributed by atoms with Gasteiger partial charge in [0.1, 0.15) is 0 Å². The minimum absolute atomic E-state index is 0.682. The Labute approximate surface area is 117 Å². The largest absolute Gasteiger partial charge is 0.493 e. The molecule has 0 saturated carbocycles. The smallest absolute Gasteiger partial charge is 0.190 e. The molecule has 2 aromatic heterocycles. The second-order valence-electron chi connectivity index (χ2n) is 3.66. The third-order valence-corrected chi connectivity index (χ3v) is 4.16. The number of thiazole rings is 2. The van der Waals surface area contributed by atoms with E-state index in [1.54, 1.807) is 31.8 Å². The van der Waals surface area contributed by atoms with Crippen LogP contribution in [0.3, 0.4) is 0 Å². The molecule has 98 valence electrons. The molecule has 7 heteroatoms. The number of hydrogen-bond donors (Lipinski definition) is 1. The molecule has 0 aliphatic rings. The Morgan fingerprint density at radius 3 is 2.58 bits per heavy atom. The molecular formula is C12H11N3O2S2. The fourth-order valence-electron chi connectivity index (χ4n) is 1.69. The number of benzene rings is 1. The monoisotopic (exact) mass is 293 g/mol. The van der Waals surface area contributed by atoms with E-state index in [9.17, 15) is 0 Å². The number of ether oxygens (including phenoxy) is 2. The van der Waals surface area contributed by atoms with E-state index in [0.717, 1.165) is 20.5 Å². The minimum Gasteiger partial charge on any atom is -0.493 e. The van der Waals surface area contributed by atoms with Crippen LogP contribution in [0.15, 0.2) is 23.7 Å². The van der Waals surface area contributed by atoms with Gasteiger partial charge in [0.25, 0.3) is 0 Å². The van der Waals surface area contributed by atoms with E-state index < -0.39 is 0 Å². The molecule has 1 N–H and O–H groups in total. The number of methoxy groups -OCH3 is 2. The third kappa shape index (κ3) is 2.34. The van der Waals surface area contributed by atoms with Crippen LogP contribution in [0.1, 0.15) is 0 Å². The van der Waals surface area contributed by atoms with Crippen molar-refractivity contribution >= 4 is 43.2 Å². The first-order chi connectivity index (χ1) is 9.30. The molecule has 0 atom stereocenters. The Bertz CT molecular complexity index is 653. The van der Waals surface area contributed by atoms with Crippen molar-refractivity contribution in [1.82, 2.24) is 9.97 Å². The van der Waals surface area contributed by atoms with Gasteiger partial charge in [-0.3, -0.25) is 0 Å². The van der Waals surface area contributed by atoms with Crippen molar-refractivity contribution < 1.29 is 9.47 Å². The predicted molar refractivity (Wildman–Crippen MR) is 78.1 cm³/mol. The van der Waals surface area contributed by atoms with Gasteiger partial charge >= 0.3 is 0 Å². The lowest BCUT2D eigenvalue weighted by molar-refractivity contribution is 0.356. The highest BCUT2D eigenvalue weighted by Gasteiger charge is 2.11. The molecule has 0 spiro atoms. The van der Waals surface area contributed by atoms with Gasteiger partial charge in [-0.25, -0.2) is 9.97 Å². The van der Waals surface area contributed by atoms with Crippen molar-refractivity contribution in [2.75, 3.05) is 19.5 Å². The molecule has 0 aliphatic carbocycles. The summed E-state index contributed by atoms with van der Waals surface area (Å²) in [6.07, 6.45) is 1.76. The van der Waals surface area contributed by atoms with Gasteiger partial charge in [-0.2, -0.15) is 0 Å². The first kappa shape index (κ1) is 12.2. The van der Waals surface area contributed by atoms with Gasteiger partial charge < -0.3 is 14.8 Å². The Hall–Kier alpha value is -1.86. The average molecular weight is 293 g/mol. The van der Waals surface area contributed by atoms with Gasteiger partial charge in [-0.15, -0.1) is 11.3 Å². The van der Waals surface area contributed by atoms with Crippen LogP contribution in [0.4, 0.5) is 10.3 Å². The number of anilines is 2. The highest BCUT2D eigenvalue weighted by Crippen LogP contribution is 2.36. The summed E-state index contributed by atoms with van der Waals surface area (Å²) >= 11 is 3.09. The molecule has 0 fully saturated rings. The van der Waals surface area contributed by atoms with Crippen LogP contribution in [0.25, 0.3) is 10.2 Å². The Morgan fingerprint density at radius 2 is 1.89 bits per heavy atom. The van der Waals surface area contributed by atoms with Crippen molar-refractivity contribution in [3.63, 3.8) is 0 Å². The number of fused-ring (bicyclic) bond motifs is 1. The molecule has 3 rings (SSSR count). The molecule has 1 aromatic carbocycles. The number of hydrogen-bond acceptors (Lipinski definition) is 7. The first-order valence-corrected chi connectivity index (χ1v) is 7.19. The van der Waals surface area contributed by atoms with Gasteiger partial charge in [0, 0.05) is 23.7 Å². The molecule has 5 nitrogen and oxygen atoms in total. The summed E-state index contributed by atoms with van der Waals surface area (Å²) in [7, 11) is 3.24. The molecule has 0 bridgehead atoms. The zero-order chi connectivity index (χ0) is 13.2. The van der Waals surface area contributed by atoms with Gasteiger partial charge in [0.05, 0.1) is 24.4 Å². The molecule has 3 aromatic rings. The molecular weight excluding hydrogens is 282 g/mol. The summed E-state index contributed by atoms with van der Waals surface area (Å²) in [6.45, 7) is 0. The SMILES string of the molecule is COc1cc2nc(Nc3nccs3)sc2cc1OC. The zero-order valence-corrected chi connectivity index (χ0v) is 12.0. The maximum absolute atomic E-state index is 5.28. The Kier molecular flexibility index (Phi) is 3.22. The fourth-order valence-corrected chi connectivity index (χ4v) is 3.15. The minimum atomic E-state index is 0.682. The first-order valence-electron chi connectivity index (χ1n) is 5.49. The van der Waals surface area contributed by atoms with Crippen LogP contribution < -0.4 is 14.8 Å². The summed E-state index contributed by atoms with van der Waals surface area (Å²) < 4.78 is 11.6. The fraction of sp³-hybridized carbons (Fsp3) is 0.167. The number of aromatic nitrogens is 2. The highest BCUT2D eigenvalue weighted by atomic mass is 32.1. The summed E-state index contributed by atoms with van der Waals surface area (Å²) in [5.41, 5.74) is 0.877. The summed E-state index contributed by atoms with van der Waals surface area (Å²) in [4.78, 5) is 8.68. The van der Waals surface area contributed by atoms with Gasteiger partial charge in [-0.1, -0.05) is 11.3 Å². The average Bonchev–Trinajstić information content (AvgIpc) is 3.05. The molecule has 0 amide bonds. The van der Waals surface area contributed by atoms with E-state index in [2.05, 4.69) is 15.3 Å². The maximum atomic E-state index is 5.28. The molecule has 0 unspecified atom stereocenters. The van der Waals surface area contributed by atoms with Crippen molar-refractivity contribution in [2.45, 2.75) is 0 Å². The quantitative estimate of drug-likeness (QED) is 0.797. The molecule has 0 saturated heterocycles. The maximum Gasteiger partial charge on any atom is 0.190 e. The molecule has 0 radical (unpaired) electrons. The molecule has 19 heavy (non-hydrogen) atoms. The van der Waals surface area contributed by atoms with E-state index in [4.69, 9.17) is 9.47 Å². The number of nitrogens with zero attached hydrogens (tertiary/aromatic N) is 2. The number of nitrogens with one attached hydrogen (secondary N) is 1. The van der Waals surface area contributed by atoms with E-state index in [0.29, 0.717) is 11.5 Å². The van der Waals surface area contributed by atoms with Crippen molar-refractivity contribution in [2.24, 2.45) is 0 Å². The lowest BCUT2D eigenvalue weighted by atomic mass is 10.3. The van der Waals surface area contributed by atoms with Crippen molar-refractivity contribution in [3.05, 3.63) is 23.7 Å². The van der Waals surface area contributed by atoms with Crippen LogP contribution in [0.5, 0.6) is 11.5 Å². The van der Waals surface area contributed by atoms with E-state index in [1.165, 1.54) is 11.3 Å². The van der Waals surface area contributed by atoms with Crippen LogP contribution in [0.2, 0.25) is 0 Å². The lowest BCUT2D eigenvalue weighted by Crippen LogP contribution is -1.89. The Morgan fingerprint density at radius 1 is 1.11 bits per heavy atom. The second kappa shape index (κ2) is 5.02. The zero-order valence-electron chi connectivity index (χ0n) is 10.3. The van der Waals surface area contributed by atoms with Crippen LogP contribution in [-0.2, 0) is 0 Å². The summed E-state index contributed by atoms with van der Waals surface area (Å²) in [5, 5.41) is 6.74.